The molecule has 0 atom stereocenters. The number of carbonyl (C=O) groups is 1. The molecule has 6 heteroatoms. The van der Waals surface area contributed by atoms with Crippen LogP contribution in [-0.4, -0.2) is 15.7 Å². The van der Waals surface area contributed by atoms with Gasteiger partial charge in [-0.05, 0) is 63.1 Å². The lowest BCUT2D eigenvalue weighted by Gasteiger charge is -2.09. The molecule has 1 N–H and O–H groups in total. The minimum Gasteiger partial charge on any atom is -0.323 e. The Hall–Kier alpha value is -2.66. The van der Waals surface area contributed by atoms with Crippen molar-refractivity contribution in [2.45, 2.75) is 34.1 Å². The number of halogens is 2. The first-order chi connectivity index (χ1) is 12.8. The minimum atomic E-state index is -0.443. The number of aromatic nitrogens is 2. The van der Waals surface area contributed by atoms with Gasteiger partial charge >= 0.3 is 0 Å². The Bertz CT molecular complexity index is 1030. The van der Waals surface area contributed by atoms with Crippen molar-refractivity contribution in [3.8, 4) is 5.69 Å². The monoisotopic (exact) mass is 385 g/mol. The second-order valence-corrected chi connectivity index (χ2v) is 7.11. The van der Waals surface area contributed by atoms with E-state index < -0.39 is 5.82 Å². The summed E-state index contributed by atoms with van der Waals surface area (Å²) >= 11 is 6.22. The van der Waals surface area contributed by atoms with Crippen LogP contribution in [-0.2, 0) is 11.2 Å². The molecular formula is C21H21ClFN3O. The quantitative estimate of drug-likeness (QED) is 0.680. The molecule has 1 heterocycles. The maximum atomic E-state index is 14.0. The first-order valence-corrected chi connectivity index (χ1v) is 9.01. The molecule has 3 rings (SSSR count). The van der Waals surface area contributed by atoms with E-state index in [0.717, 1.165) is 33.8 Å². The fraction of sp³-hybridized carbons (Fsp3) is 0.238. The van der Waals surface area contributed by atoms with Crippen LogP contribution in [0.5, 0.6) is 0 Å². The van der Waals surface area contributed by atoms with Crippen LogP contribution in [0.25, 0.3) is 5.69 Å². The fourth-order valence-corrected chi connectivity index (χ4v) is 3.15. The molecule has 0 saturated carbocycles. The van der Waals surface area contributed by atoms with Crippen molar-refractivity contribution >= 4 is 23.2 Å². The molecule has 0 bridgehead atoms. The van der Waals surface area contributed by atoms with Crippen molar-refractivity contribution in [1.29, 1.82) is 0 Å². The lowest BCUT2D eigenvalue weighted by Crippen LogP contribution is -2.16. The van der Waals surface area contributed by atoms with Crippen LogP contribution >= 0.6 is 11.6 Å². The second kappa shape index (κ2) is 7.53. The van der Waals surface area contributed by atoms with E-state index in [1.807, 2.05) is 39.0 Å². The Kier molecular flexibility index (Phi) is 5.33. The van der Waals surface area contributed by atoms with Crippen molar-refractivity contribution in [2.75, 3.05) is 5.32 Å². The summed E-state index contributed by atoms with van der Waals surface area (Å²) in [5.41, 5.74) is 5.23. The third kappa shape index (κ3) is 4.03. The van der Waals surface area contributed by atoms with E-state index in [4.69, 9.17) is 11.6 Å². The number of anilines is 1. The molecular weight excluding hydrogens is 365 g/mol. The van der Waals surface area contributed by atoms with Gasteiger partial charge in [0, 0.05) is 16.3 Å². The molecule has 0 aliphatic carbocycles. The molecule has 1 aromatic heterocycles. The number of hydrogen-bond acceptors (Lipinski definition) is 2. The highest BCUT2D eigenvalue weighted by atomic mass is 35.5. The molecule has 0 unspecified atom stereocenters. The Morgan fingerprint density at radius 1 is 1.15 bits per heavy atom. The van der Waals surface area contributed by atoms with E-state index in [0.29, 0.717) is 5.02 Å². The molecule has 4 nitrogen and oxygen atoms in total. The number of rotatable bonds is 4. The van der Waals surface area contributed by atoms with Crippen LogP contribution in [0, 0.1) is 33.5 Å². The van der Waals surface area contributed by atoms with E-state index in [1.165, 1.54) is 6.07 Å². The van der Waals surface area contributed by atoms with Gasteiger partial charge < -0.3 is 5.32 Å². The standard InChI is InChI=1S/C21H21ClFN3O/c1-12-5-8-20(19(23)9-12)24-21(27)11-17-14(3)25-26(15(17)4)16-7-6-13(2)18(22)10-16/h5-10H,11H2,1-4H3,(H,24,27). The zero-order valence-electron chi connectivity index (χ0n) is 15.7. The van der Waals surface area contributed by atoms with Crippen molar-refractivity contribution in [2.24, 2.45) is 0 Å². The summed E-state index contributed by atoms with van der Waals surface area (Å²) in [6, 6.07) is 10.4. The van der Waals surface area contributed by atoms with Crippen molar-refractivity contribution < 1.29 is 9.18 Å². The molecule has 0 aliphatic rings. The predicted octanol–water partition coefficient (Wildman–Crippen LogP) is 5.08. The third-order valence-corrected chi connectivity index (χ3v) is 4.98. The fourth-order valence-electron chi connectivity index (χ4n) is 2.97. The van der Waals surface area contributed by atoms with Gasteiger partial charge in [0.2, 0.25) is 5.91 Å². The van der Waals surface area contributed by atoms with Gasteiger partial charge in [0.25, 0.3) is 0 Å². The van der Waals surface area contributed by atoms with E-state index in [9.17, 15) is 9.18 Å². The molecule has 0 radical (unpaired) electrons. The maximum Gasteiger partial charge on any atom is 0.229 e. The number of nitrogens with zero attached hydrogens (tertiary/aromatic N) is 2. The number of hydrogen-bond donors (Lipinski definition) is 1. The molecule has 1 amide bonds. The summed E-state index contributed by atoms with van der Waals surface area (Å²) in [6.45, 7) is 7.50. The maximum absolute atomic E-state index is 14.0. The van der Waals surface area contributed by atoms with Crippen LogP contribution in [0.2, 0.25) is 5.02 Å². The summed E-state index contributed by atoms with van der Waals surface area (Å²) in [5.74, 6) is -0.729. The van der Waals surface area contributed by atoms with E-state index in [1.54, 1.807) is 23.7 Å². The number of amides is 1. The SMILES string of the molecule is Cc1ccc(NC(=O)Cc2c(C)nn(-c3ccc(C)c(Cl)c3)c2C)c(F)c1. The summed E-state index contributed by atoms with van der Waals surface area (Å²) in [4.78, 5) is 12.4. The lowest BCUT2D eigenvalue weighted by atomic mass is 10.1. The van der Waals surface area contributed by atoms with Gasteiger partial charge in [-0.25, -0.2) is 9.07 Å². The van der Waals surface area contributed by atoms with Gasteiger partial charge in [-0.1, -0.05) is 23.7 Å². The Labute approximate surface area is 163 Å². The van der Waals surface area contributed by atoms with Crippen LogP contribution in [0.3, 0.4) is 0 Å². The smallest absolute Gasteiger partial charge is 0.229 e. The molecule has 27 heavy (non-hydrogen) atoms. The predicted molar refractivity (Wildman–Crippen MR) is 106 cm³/mol. The first kappa shape index (κ1) is 19.1. The summed E-state index contributed by atoms with van der Waals surface area (Å²) in [5, 5.41) is 7.84. The lowest BCUT2D eigenvalue weighted by molar-refractivity contribution is -0.115. The van der Waals surface area contributed by atoms with Crippen molar-refractivity contribution in [1.82, 2.24) is 9.78 Å². The minimum absolute atomic E-state index is 0.116. The van der Waals surface area contributed by atoms with Crippen LogP contribution in [0.4, 0.5) is 10.1 Å². The highest BCUT2D eigenvalue weighted by Gasteiger charge is 2.17. The number of nitrogens with one attached hydrogen (secondary N) is 1. The van der Waals surface area contributed by atoms with Crippen LogP contribution in [0.15, 0.2) is 36.4 Å². The average molecular weight is 386 g/mol. The van der Waals surface area contributed by atoms with E-state index in [2.05, 4.69) is 10.4 Å². The highest BCUT2D eigenvalue weighted by molar-refractivity contribution is 6.31. The topological polar surface area (TPSA) is 46.9 Å². The molecule has 0 aliphatic heterocycles. The van der Waals surface area contributed by atoms with Gasteiger partial charge in [0.05, 0.1) is 23.5 Å². The molecule has 140 valence electrons. The van der Waals surface area contributed by atoms with Crippen LogP contribution in [0.1, 0.15) is 28.1 Å². The van der Waals surface area contributed by atoms with Crippen LogP contribution < -0.4 is 5.32 Å². The summed E-state index contributed by atoms with van der Waals surface area (Å²) in [7, 11) is 0. The largest absolute Gasteiger partial charge is 0.323 e. The van der Waals surface area contributed by atoms with E-state index in [-0.39, 0.29) is 18.0 Å². The number of carbonyl (C=O) groups excluding carboxylic acids is 1. The first-order valence-electron chi connectivity index (χ1n) is 8.64. The van der Waals surface area contributed by atoms with Gasteiger partial charge in [-0.15, -0.1) is 0 Å². The third-order valence-electron chi connectivity index (χ3n) is 4.58. The molecule has 0 saturated heterocycles. The van der Waals surface area contributed by atoms with Gasteiger partial charge in [-0.2, -0.15) is 5.10 Å². The molecule has 0 spiro atoms. The Morgan fingerprint density at radius 2 is 1.89 bits per heavy atom. The average Bonchev–Trinajstić information content (AvgIpc) is 2.88. The zero-order valence-corrected chi connectivity index (χ0v) is 16.5. The zero-order chi connectivity index (χ0) is 19.7. The molecule has 3 aromatic rings. The Morgan fingerprint density at radius 3 is 2.56 bits per heavy atom. The van der Waals surface area contributed by atoms with Crippen molar-refractivity contribution in [3.05, 3.63) is 75.3 Å². The van der Waals surface area contributed by atoms with Gasteiger partial charge in [-0.3, -0.25) is 4.79 Å². The highest BCUT2D eigenvalue weighted by Crippen LogP contribution is 2.23. The summed E-state index contributed by atoms with van der Waals surface area (Å²) in [6.07, 6.45) is 0.116. The molecule has 0 fully saturated rings. The van der Waals surface area contributed by atoms with Gasteiger partial charge in [0.15, 0.2) is 0 Å². The number of aryl methyl sites for hydroxylation is 3. The number of benzene rings is 2. The second-order valence-electron chi connectivity index (χ2n) is 6.70. The summed E-state index contributed by atoms with van der Waals surface area (Å²) < 4.78 is 15.7. The molecule has 2 aromatic carbocycles. The normalized spacial score (nSPS) is 10.9. The van der Waals surface area contributed by atoms with E-state index >= 15 is 0 Å². The van der Waals surface area contributed by atoms with Crippen molar-refractivity contribution in [3.63, 3.8) is 0 Å². The van der Waals surface area contributed by atoms with Gasteiger partial charge in [0.1, 0.15) is 5.82 Å². The Balaban J connectivity index is 1.84.